The minimum Gasteiger partial charge on any atom is -0.348 e. The van der Waals surface area contributed by atoms with Crippen LogP contribution in [0.3, 0.4) is 0 Å². The Balaban J connectivity index is 0.00000304. The molecule has 0 saturated carbocycles. The van der Waals surface area contributed by atoms with Crippen molar-refractivity contribution in [2.75, 3.05) is 11.9 Å². The molecular formula is C26H31ClF3N5S. The molecule has 2 aromatic heterocycles. The Morgan fingerprint density at radius 1 is 1.06 bits per heavy atom. The lowest BCUT2D eigenvalue weighted by atomic mass is 9.79. The van der Waals surface area contributed by atoms with Crippen LogP contribution in [0.15, 0.2) is 36.5 Å². The average molecular weight is 538 g/mol. The van der Waals surface area contributed by atoms with Crippen LogP contribution in [0.1, 0.15) is 46.1 Å². The van der Waals surface area contributed by atoms with Crippen LogP contribution < -0.4 is 10.2 Å². The summed E-state index contributed by atoms with van der Waals surface area (Å²) < 4.78 is 43.7. The molecule has 2 aromatic carbocycles. The quantitative estimate of drug-likeness (QED) is 0.304. The molecule has 0 atom stereocenters. The maximum Gasteiger partial charge on any atom is 0.418 e. The normalized spacial score (nSPS) is 17.9. The smallest absolute Gasteiger partial charge is 0.348 e. The molecule has 0 spiro atoms. The van der Waals surface area contributed by atoms with Crippen molar-refractivity contribution in [1.82, 2.24) is 20.1 Å². The topological polar surface area (TPSA) is 46.0 Å². The first-order valence-corrected chi connectivity index (χ1v) is 12.5. The number of thiazole rings is 1. The molecule has 3 heterocycles. The molecule has 0 aliphatic carbocycles. The van der Waals surface area contributed by atoms with Crippen molar-refractivity contribution < 1.29 is 13.2 Å². The third-order valence-electron chi connectivity index (χ3n) is 6.76. The molecular weight excluding hydrogens is 507 g/mol. The number of hydrogen-bond donors (Lipinski definition) is 1. The summed E-state index contributed by atoms with van der Waals surface area (Å²) in [5.74, 6) is 0. The second-order valence-corrected chi connectivity index (χ2v) is 12.0. The summed E-state index contributed by atoms with van der Waals surface area (Å²) in [5.41, 5.74) is 1.40. The molecule has 5 nitrogen and oxygen atoms in total. The Kier molecular flexibility index (Phi) is 6.59. The van der Waals surface area contributed by atoms with Crippen LogP contribution in [0.4, 0.5) is 18.3 Å². The highest BCUT2D eigenvalue weighted by Crippen LogP contribution is 2.40. The van der Waals surface area contributed by atoms with Crippen molar-refractivity contribution in [3.63, 3.8) is 0 Å². The lowest BCUT2D eigenvalue weighted by molar-refractivity contribution is -0.136. The van der Waals surface area contributed by atoms with E-state index in [1.54, 1.807) is 30.6 Å². The summed E-state index contributed by atoms with van der Waals surface area (Å²) >= 11 is 1.58. The predicted molar refractivity (Wildman–Crippen MR) is 144 cm³/mol. The fraction of sp³-hybridized carbons (Fsp3) is 0.462. The number of anilines is 1. The van der Waals surface area contributed by atoms with Crippen molar-refractivity contribution in [2.24, 2.45) is 7.05 Å². The van der Waals surface area contributed by atoms with Gasteiger partial charge in [0.2, 0.25) is 0 Å². The summed E-state index contributed by atoms with van der Waals surface area (Å²) in [5, 5.41) is 9.15. The number of piperidine rings is 1. The van der Waals surface area contributed by atoms with Gasteiger partial charge in [-0.25, -0.2) is 4.98 Å². The lowest BCUT2D eigenvalue weighted by Crippen LogP contribution is -2.61. The van der Waals surface area contributed by atoms with Gasteiger partial charge >= 0.3 is 6.18 Å². The fourth-order valence-corrected chi connectivity index (χ4v) is 6.62. The van der Waals surface area contributed by atoms with Crippen molar-refractivity contribution >= 4 is 50.0 Å². The minimum atomic E-state index is -4.48. The number of rotatable bonds is 3. The summed E-state index contributed by atoms with van der Waals surface area (Å²) in [6.45, 7) is 8.92. The Bertz CT molecular complexity index is 1410. The Labute approximate surface area is 219 Å². The first-order valence-electron chi connectivity index (χ1n) is 11.7. The molecule has 1 aliphatic rings. The van der Waals surface area contributed by atoms with E-state index in [9.17, 15) is 13.2 Å². The van der Waals surface area contributed by atoms with E-state index in [1.807, 2.05) is 18.2 Å². The molecule has 36 heavy (non-hydrogen) atoms. The number of nitrogens with zero attached hydrogens (tertiary/aromatic N) is 4. The molecule has 0 radical (unpaired) electrons. The van der Waals surface area contributed by atoms with Crippen LogP contribution in [0.2, 0.25) is 0 Å². The molecule has 0 amide bonds. The summed E-state index contributed by atoms with van der Waals surface area (Å²) in [4.78, 5) is 7.12. The molecule has 10 heteroatoms. The standard InChI is InChI=1S/C26H30F3N5S.ClH/c1-24(2)12-18(13-25(3,4)32-24)34(6)23-30-20-8-7-15(11-21(20)35-23)16-9-17-14-33(5)31-22(17)19(10-16)26(27,28)29;/h7-11,14,18,32H,12-13H2,1-6H3;1H. The van der Waals surface area contributed by atoms with Crippen LogP contribution in [-0.4, -0.2) is 38.9 Å². The van der Waals surface area contributed by atoms with Gasteiger partial charge in [0.1, 0.15) is 5.52 Å². The Hall–Kier alpha value is -2.36. The number of aromatic nitrogens is 3. The minimum absolute atomic E-state index is 0. The zero-order chi connectivity index (χ0) is 25.3. The SMILES string of the molecule is CN(c1nc2ccc(-c3cc(C(F)(F)F)c4nn(C)cc4c3)cc2s1)C1CC(C)(C)NC(C)(C)C1.Cl. The van der Waals surface area contributed by atoms with Gasteiger partial charge < -0.3 is 10.2 Å². The van der Waals surface area contributed by atoms with E-state index < -0.39 is 11.7 Å². The lowest BCUT2D eigenvalue weighted by Gasteiger charge is -2.48. The molecule has 0 unspecified atom stereocenters. The first-order chi connectivity index (χ1) is 16.2. The van der Waals surface area contributed by atoms with Gasteiger partial charge in [0, 0.05) is 42.8 Å². The van der Waals surface area contributed by atoms with Gasteiger partial charge in [-0.15, -0.1) is 12.4 Å². The number of alkyl halides is 3. The van der Waals surface area contributed by atoms with Gasteiger partial charge in [-0.1, -0.05) is 17.4 Å². The molecule has 1 saturated heterocycles. The largest absolute Gasteiger partial charge is 0.418 e. The second kappa shape index (κ2) is 8.89. The van der Waals surface area contributed by atoms with E-state index in [-0.39, 0.29) is 29.0 Å². The van der Waals surface area contributed by atoms with E-state index in [2.05, 4.69) is 50.1 Å². The van der Waals surface area contributed by atoms with Crippen molar-refractivity contribution in [3.8, 4) is 11.1 Å². The first kappa shape index (κ1) is 26.7. The predicted octanol–water partition coefficient (Wildman–Crippen LogP) is 7.04. The number of benzene rings is 2. The van der Waals surface area contributed by atoms with Gasteiger partial charge in [-0.2, -0.15) is 18.3 Å². The zero-order valence-electron chi connectivity index (χ0n) is 21.2. The van der Waals surface area contributed by atoms with Gasteiger partial charge in [-0.05, 0) is 75.9 Å². The molecule has 5 rings (SSSR count). The summed E-state index contributed by atoms with van der Waals surface area (Å²) in [6, 6.07) is 8.99. The van der Waals surface area contributed by atoms with E-state index in [4.69, 9.17) is 4.98 Å². The highest BCUT2D eigenvalue weighted by atomic mass is 35.5. The third-order valence-corrected chi connectivity index (χ3v) is 7.87. The summed E-state index contributed by atoms with van der Waals surface area (Å²) in [6.07, 6.45) is -0.864. The van der Waals surface area contributed by atoms with Gasteiger partial charge in [-0.3, -0.25) is 4.68 Å². The van der Waals surface area contributed by atoms with Crippen molar-refractivity contribution in [3.05, 3.63) is 42.1 Å². The highest BCUT2D eigenvalue weighted by Gasteiger charge is 2.40. The fourth-order valence-electron chi connectivity index (χ4n) is 5.58. The van der Waals surface area contributed by atoms with E-state index in [0.29, 0.717) is 17.0 Å². The van der Waals surface area contributed by atoms with Gasteiger partial charge in [0.15, 0.2) is 5.13 Å². The van der Waals surface area contributed by atoms with Crippen LogP contribution in [0, 0.1) is 0 Å². The maximum atomic E-state index is 13.8. The molecule has 1 N–H and O–H groups in total. The number of fused-ring (bicyclic) bond motifs is 2. The second-order valence-electron chi connectivity index (χ2n) is 11.0. The number of nitrogens with one attached hydrogen (secondary N) is 1. The van der Waals surface area contributed by atoms with Crippen molar-refractivity contribution in [1.29, 1.82) is 0 Å². The molecule has 194 valence electrons. The number of hydrogen-bond acceptors (Lipinski definition) is 5. The van der Waals surface area contributed by atoms with Crippen molar-refractivity contribution in [2.45, 2.75) is 63.8 Å². The van der Waals surface area contributed by atoms with E-state index in [0.717, 1.165) is 33.8 Å². The monoisotopic (exact) mass is 537 g/mol. The van der Waals surface area contributed by atoms with Gasteiger partial charge in [0.05, 0.1) is 15.8 Å². The van der Waals surface area contributed by atoms with Crippen LogP contribution in [-0.2, 0) is 13.2 Å². The molecule has 4 aromatic rings. The molecule has 1 fully saturated rings. The van der Waals surface area contributed by atoms with Crippen LogP contribution in [0.5, 0.6) is 0 Å². The summed E-state index contributed by atoms with van der Waals surface area (Å²) in [7, 11) is 3.72. The maximum absolute atomic E-state index is 13.8. The van der Waals surface area contributed by atoms with E-state index >= 15 is 0 Å². The Morgan fingerprint density at radius 2 is 1.72 bits per heavy atom. The molecule has 1 aliphatic heterocycles. The van der Waals surface area contributed by atoms with Gasteiger partial charge in [0.25, 0.3) is 0 Å². The highest BCUT2D eigenvalue weighted by molar-refractivity contribution is 7.22. The zero-order valence-corrected chi connectivity index (χ0v) is 22.8. The average Bonchev–Trinajstić information content (AvgIpc) is 3.30. The van der Waals surface area contributed by atoms with Crippen LogP contribution in [0.25, 0.3) is 32.2 Å². The Morgan fingerprint density at radius 3 is 2.36 bits per heavy atom. The molecule has 0 bridgehead atoms. The third kappa shape index (κ3) is 5.06. The number of aryl methyl sites for hydroxylation is 1. The van der Waals surface area contributed by atoms with E-state index in [1.165, 1.54) is 10.7 Å². The van der Waals surface area contributed by atoms with Crippen LogP contribution >= 0.6 is 23.7 Å². The number of halogens is 4.